The van der Waals surface area contributed by atoms with Gasteiger partial charge in [-0.15, -0.1) is 0 Å². The average Bonchev–Trinajstić information content (AvgIpc) is 3.16. The first-order valence-electron chi connectivity index (χ1n) is 9.86. The van der Waals surface area contributed by atoms with Crippen molar-refractivity contribution in [3.05, 3.63) is 64.1 Å². The molecular formula is C22H20ClF3N4O4. The van der Waals surface area contributed by atoms with E-state index in [4.69, 9.17) is 21.1 Å². The molecule has 2 aromatic heterocycles. The summed E-state index contributed by atoms with van der Waals surface area (Å²) in [7, 11) is 1.42. The molecule has 3 rings (SSSR count). The van der Waals surface area contributed by atoms with Crippen LogP contribution in [0.25, 0.3) is 5.82 Å². The monoisotopic (exact) mass is 496 g/mol. The molecule has 180 valence electrons. The third-order valence-electron chi connectivity index (χ3n) is 4.91. The lowest BCUT2D eigenvalue weighted by molar-refractivity contribution is -0.137. The highest BCUT2D eigenvalue weighted by Gasteiger charge is 2.31. The number of methoxy groups -OCH3 is 1. The van der Waals surface area contributed by atoms with Crippen LogP contribution in [0.5, 0.6) is 5.75 Å². The van der Waals surface area contributed by atoms with Crippen molar-refractivity contribution >= 4 is 29.2 Å². The summed E-state index contributed by atoms with van der Waals surface area (Å²) >= 11 is 6.06. The highest BCUT2D eigenvalue weighted by atomic mass is 35.5. The van der Waals surface area contributed by atoms with Gasteiger partial charge in [-0.1, -0.05) is 11.6 Å². The van der Waals surface area contributed by atoms with Gasteiger partial charge in [-0.05, 0) is 44.5 Å². The van der Waals surface area contributed by atoms with Gasteiger partial charge in [0, 0.05) is 17.3 Å². The number of carbonyl (C=O) groups is 2. The molecule has 1 amide bonds. The zero-order valence-electron chi connectivity index (χ0n) is 18.5. The van der Waals surface area contributed by atoms with Gasteiger partial charge in [0.05, 0.1) is 30.3 Å². The number of hydrogen-bond acceptors (Lipinski definition) is 6. The molecule has 1 atom stereocenters. The van der Waals surface area contributed by atoms with Gasteiger partial charge >= 0.3 is 12.1 Å². The first-order valence-corrected chi connectivity index (χ1v) is 10.2. The summed E-state index contributed by atoms with van der Waals surface area (Å²) in [5, 5.41) is 7.09. The Hall–Kier alpha value is -3.60. The maximum absolute atomic E-state index is 12.7. The van der Waals surface area contributed by atoms with Gasteiger partial charge in [0.1, 0.15) is 11.3 Å². The Morgan fingerprint density at radius 3 is 2.47 bits per heavy atom. The van der Waals surface area contributed by atoms with Crippen LogP contribution in [0, 0.1) is 13.8 Å². The largest absolute Gasteiger partial charge is 0.495 e. The van der Waals surface area contributed by atoms with Crippen molar-refractivity contribution in [1.29, 1.82) is 0 Å². The van der Waals surface area contributed by atoms with E-state index in [1.807, 2.05) is 0 Å². The van der Waals surface area contributed by atoms with Crippen LogP contribution in [0.15, 0.2) is 36.7 Å². The van der Waals surface area contributed by atoms with Crippen LogP contribution in [-0.4, -0.2) is 39.9 Å². The molecule has 1 unspecified atom stereocenters. The Labute approximate surface area is 197 Å². The molecule has 0 saturated carbocycles. The fourth-order valence-electron chi connectivity index (χ4n) is 2.96. The summed E-state index contributed by atoms with van der Waals surface area (Å²) < 4.78 is 49.9. The zero-order valence-corrected chi connectivity index (χ0v) is 19.3. The molecular weight excluding hydrogens is 477 g/mol. The number of amides is 1. The lowest BCUT2D eigenvalue weighted by Crippen LogP contribution is -2.30. The molecule has 0 spiro atoms. The summed E-state index contributed by atoms with van der Waals surface area (Å²) in [5.74, 6) is -1.02. The fourth-order valence-corrected chi connectivity index (χ4v) is 3.12. The number of pyridine rings is 1. The zero-order chi connectivity index (χ0) is 25.2. The third kappa shape index (κ3) is 5.30. The van der Waals surface area contributed by atoms with E-state index in [0.717, 1.165) is 12.1 Å². The molecule has 1 aromatic carbocycles. The Morgan fingerprint density at radius 1 is 1.18 bits per heavy atom. The van der Waals surface area contributed by atoms with E-state index in [1.165, 1.54) is 31.8 Å². The Morgan fingerprint density at radius 2 is 1.88 bits per heavy atom. The minimum absolute atomic E-state index is 0.0289. The minimum atomic E-state index is -4.52. The number of nitrogens with zero attached hydrogens (tertiary/aromatic N) is 3. The van der Waals surface area contributed by atoms with Crippen LogP contribution >= 0.6 is 11.6 Å². The predicted molar refractivity (Wildman–Crippen MR) is 117 cm³/mol. The van der Waals surface area contributed by atoms with Crippen molar-refractivity contribution in [2.45, 2.75) is 33.1 Å². The number of anilines is 1. The highest BCUT2D eigenvalue weighted by molar-refractivity contribution is 6.31. The topological polar surface area (TPSA) is 95.3 Å². The van der Waals surface area contributed by atoms with Crippen LogP contribution in [0.1, 0.15) is 34.1 Å². The standard InChI is InChI=1S/C22H20ClF3N4O4/c1-11-7-17(18(33-4)8-16(11)23)29-20(31)13(3)34-21(32)15-10-28-30(12(15)2)19-6-5-14(9-27-19)22(24,25)26/h5-10,13H,1-4H3,(H,29,31). The van der Waals surface area contributed by atoms with Gasteiger partial charge in [0.25, 0.3) is 5.91 Å². The molecule has 2 heterocycles. The summed E-state index contributed by atoms with van der Waals surface area (Å²) in [6, 6.07) is 5.17. The fraction of sp³-hybridized carbons (Fsp3) is 0.273. The molecule has 0 aliphatic rings. The third-order valence-corrected chi connectivity index (χ3v) is 5.32. The SMILES string of the molecule is COc1cc(Cl)c(C)cc1NC(=O)C(C)OC(=O)c1cnn(-c2ccc(C(F)(F)F)cn2)c1C. The molecule has 0 aliphatic heterocycles. The molecule has 0 saturated heterocycles. The molecule has 1 N–H and O–H groups in total. The second kappa shape index (κ2) is 9.72. The van der Waals surface area contributed by atoms with E-state index in [-0.39, 0.29) is 17.1 Å². The summed E-state index contributed by atoms with van der Waals surface area (Å²) in [6.45, 7) is 4.67. The molecule has 0 radical (unpaired) electrons. The number of rotatable bonds is 6. The maximum atomic E-state index is 12.7. The maximum Gasteiger partial charge on any atom is 0.417 e. The first-order chi connectivity index (χ1) is 15.9. The number of esters is 1. The van der Waals surface area contributed by atoms with Gasteiger partial charge in [-0.25, -0.2) is 14.5 Å². The van der Waals surface area contributed by atoms with Crippen LogP contribution in [-0.2, 0) is 15.7 Å². The predicted octanol–water partition coefficient (Wildman–Crippen LogP) is 4.75. The van der Waals surface area contributed by atoms with Gasteiger partial charge < -0.3 is 14.8 Å². The van der Waals surface area contributed by atoms with Crippen molar-refractivity contribution in [3.63, 3.8) is 0 Å². The van der Waals surface area contributed by atoms with Crippen LogP contribution in [0.4, 0.5) is 18.9 Å². The quantitative estimate of drug-likeness (QED) is 0.495. The number of carbonyl (C=O) groups excluding carboxylic acids is 2. The van der Waals surface area contributed by atoms with E-state index in [1.54, 1.807) is 19.1 Å². The molecule has 0 bridgehead atoms. The lowest BCUT2D eigenvalue weighted by atomic mass is 10.2. The van der Waals surface area contributed by atoms with Crippen LogP contribution < -0.4 is 10.1 Å². The van der Waals surface area contributed by atoms with Crippen molar-refractivity contribution in [1.82, 2.24) is 14.8 Å². The van der Waals surface area contributed by atoms with Crippen molar-refractivity contribution in [2.75, 3.05) is 12.4 Å². The van der Waals surface area contributed by atoms with Gasteiger partial charge in [-0.3, -0.25) is 4.79 Å². The van der Waals surface area contributed by atoms with E-state index in [0.29, 0.717) is 28.2 Å². The van der Waals surface area contributed by atoms with Gasteiger partial charge in [0.15, 0.2) is 11.9 Å². The number of aromatic nitrogens is 3. The van der Waals surface area contributed by atoms with E-state index in [2.05, 4.69) is 15.4 Å². The second-order valence-corrected chi connectivity index (χ2v) is 7.70. The number of hydrogen-bond donors (Lipinski definition) is 1. The molecule has 0 aliphatic carbocycles. The number of alkyl halides is 3. The molecule has 8 nitrogen and oxygen atoms in total. The van der Waals surface area contributed by atoms with E-state index in [9.17, 15) is 22.8 Å². The normalized spacial score (nSPS) is 12.2. The van der Waals surface area contributed by atoms with Gasteiger partial charge in [0.2, 0.25) is 0 Å². The molecule has 34 heavy (non-hydrogen) atoms. The van der Waals surface area contributed by atoms with E-state index >= 15 is 0 Å². The Kier molecular flexibility index (Phi) is 7.15. The van der Waals surface area contributed by atoms with Crippen molar-refractivity contribution in [3.8, 4) is 11.6 Å². The first kappa shape index (κ1) is 25.0. The lowest BCUT2D eigenvalue weighted by Gasteiger charge is -2.16. The summed E-state index contributed by atoms with van der Waals surface area (Å²) in [5.41, 5.74) is 0.464. The summed E-state index contributed by atoms with van der Waals surface area (Å²) in [4.78, 5) is 28.9. The van der Waals surface area contributed by atoms with Crippen LogP contribution in [0.3, 0.4) is 0 Å². The molecule has 12 heteroatoms. The van der Waals surface area contributed by atoms with Crippen LogP contribution in [0.2, 0.25) is 5.02 Å². The Balaban J connectivity index is 1.72. The van der Waals surface area contributed by atoms with Gasteiger partial charge in [-0.2, -0.15) is 18.3 Å². The molecule has 3 aromatic rings. The average molecular weight is 497 g/mol. The van der Waals surface area contributed by atoms with Crippen molar-refractivity contribution in [2.24, 2.45) is 0 Å². The van der Waals surface area contributed by atoms with E-state index < -0.39 is 29.7 Å². The number of halogens is 4. The minimum Gasteiger partial charge on any atom is -0.495 e. The molecule has 0 fully saturated rings. The Bertz CT molecular complexity index is 1230. The smallest absolute Gasteiger partial charge is 0.417 e. The number of ether oxygens (including phenoxy) is 2. The second-order valence-electron chi connectivity index (χ2n) is 7.30. The summed E-state index contributed by atoms with van der Waals surface area (Å²) in [6.07, 6.45) is -3.84. The number of benzene rings is 1. The van der Waals surface area contributed by atoms with Crippen molar-refractivity contribution < 1.29 is 32.2 Å². The number of nitrogens with one attached hydrogen (secondary N) is 1. The highest BCUT2D eigenvalue weighted by Crippen LogP contribution is 2.31. The number of aryl methyl sites for hydroxylation is 1.